The molecule has 0 fully saturated rings. The Hall–Kier alpha value is 0.260. The summed E-state index contributed by atoms with van der Waals surface area (Å²) in [5, 5.41) is 0.914. The van der Waals surface area contributed by atoms with E-state index in [1.54, 1.807) is 0 Å². The van der Waals surface area contributed by atoms with Crippen molar-refractivity contribution in [2.24, 2.45) is 0 Å². The van der Waals surface area contributed by atoms with Gasteiger partial charge in [-0.2, -0.15) is 0 Å². The minimum Gasteiger partial charge on any atom is -0.293 e. The second-order valence-electron chi connectivity index (χ2n) is 1.91. The van der Waals surface area contributed by atoms with Crippen molar-refractivity contribution in [3.05, 3.63) is 14.5 Å². The maximum Gasteiger partial charge on any atom is 0.172 e. The van der Waals surface area contributed by atoms with Crippen molar-refractivity contribution in [3.63, 3.8) is 0 Å². The fourth-order valence-electron chi connectivity index (χ4n) is 0.619. The third-order valence-electron chi connectivity index (χ3n) is 1.01. The molecule has 0 aliphatic heterocycles. The Labute approximate surface area is 87.9 Å². The number of thiazole rings is 1. The molecule has 0 saturated heterocycles. The molecule has 0 bridgehead atoms. The van der Waals surface area contributed by atoms with Gasteiger partial charge < -0.3 is 0 Å². The topological polar surface area (TPSA) is 30.0 Å². The Morgan fingerprint density at radius 3 is 2.36 bits per heavy atom. The van der Waals surface area contributed by atoms with Crippen molar-refractivity contribution < 1.29 is 4.79 Å². The summed E-state index contributed by atoms with van der Waals surface area (Å²) >= 11 is 4.61. The number of hydrogen-bond acceptors (Lipinski definition) is 3. The van der Waals surface area contributed by atoms with Gasteiger partial charge in [-0.25, -0.2) is 4.98 Å². The summed E-state index contributed by atoms with van der Waals surface area (Å²) < 4.78 is 0.669. The molecule has 2 nitrogen and oxygen atoms in total. The molecular formula is C6H7Br2NOS. The van der Waals surface area contributed by atoms with E-state index in [1.807, 2.05) is 6.92 Å². The second kappa shape index (κ2) is 4.33. The van der Waals surface area contributed by atoms with Gasteiger partial charge in [-0.05, 0) is 22.9 Å². The molecule has 0 radical (unpaired) electrons. The third-order valence-corrected chi connectivity index (χ3v) is 2.92. The Morgan fingerprint density at radius 1 is 1.64 bits per heavy atom. The lowest BCUT2D eigenvalue weighted by Crippen LogP contribution is -1.86. The van der Waals surface area contributed by atoms with Gasteiger partial charge in [0.1, 0.15) is 9.48 Å². The number of aryl methyl sites for hydroxylation is 1. The standard InChI is InChI=1S/C6H6BrNOS.BrH/c1-3(9)5-6(7)8-4(2)10-5;/h1-2H3;1H. The SMILES string of the molecule is Br.CC(=O)c1sc(C)nc1Br. The third kappa shape index (κ3) is 2.65. The molecule has 0 aliphatic carbocycles. The highest BCUT2D eigenvalue weighted by Crippen LogP contribution is 2.22. The number of hydrogen-bond donors (Lipinski definition) is 0. The van der Waals surface area contributed by atoms with E-state index in [9.17, 15) is 4.79 Å². The van der Waals surface area contributed by atoms with Crippen LogP contribution in [0.1, 0.15) is 21.6 Å². The van der Waals surface area contributed by atoms with Crippen molar-refractivity contribution in [2.45, 2.75) is 13.8 Å². The fourth-order valence-corrected chi connectivity index (χ4v) is 2.23. The summed E-state index contributed by atoms with van der Waals surface area (Å²) in [6.07, 6.45) is 0. The van der Waals surface area contributed by atoms with Crippen LogP contribution in [0.15, 0.2) is 4.60 Å². The lowest BCUT2D eigenvalue weighted by atomic mass is 10.4. The first-order valence-electron chi connectivity index (χ1n) is 2.75. The van der Waals surface area contributed by atoms with Crippen LogP contribution in [0.5, 0.6) is 0 Å². The summed E-state index contributed by atoms with van der Waals surface area (Å²) in [7, 11) is 0. The highest BCUT2D eigenvalue weighted by atomic mass is 79.9. The van der Waals surface area contributed by atoms with E-state index in [0.717, 1.165) is 5.01 Å². The number of rotatable bonds is 1. The highest BCUT2D eigenvalue weighted by Gasteiger charge is 2.09. The number of nitrogens with zero attached hydrogens (tertiary/aromatic N) is 1. The Balaban J connectivity index is 0.000001000. The van der Waals surface area contributed by atoms with Crippen molar-refractivity contribution in [1.82, 2.24) is 4.98 Å². The van der Waals surface area contributed by atoms with Crippen molar-refractivity contribution in [1.29, 1.82) is 0 Å². The molecule has 62 valence electrons. The van der Waals surface area contributed by atoms with Gasteiger partial charge in [0.25, 0.3) is 0 Å². The fraction of sp³-hybridized carbons (Fsp3) is 0.333. The van der Waals surface area contributed by atoms with E-state index in [4.69, 9.17) is 0 Å². The number of aromatic nitrogens is 1. The van der Waals surface area contributed by atoms with Crippen LogP contribution in [0.25, 0.3) is 0 Å². The zero-order valence-electron chi connectivity index (χ0n) is 6.05. The van der Waals surface area contributed by atoms with Crippen molar-refractivity contribution in [2.75, 3.05) is 0 Å². The molecule has 0 atom stereocenters. The van der Waals surface area contributed by atoms with Gasteiger partial charge in [-0.1, -0.05) is 0 Å². The molecule has 0 aliphatic rings. The number of halogens is 2. The zero-order chi connectivity index (χ0) is 7.72. The van der Waals surface area contributed by atoms with Gasteiger partial charge in [0.05, 0.1) is 5.01 Å². The van der Waals surface area contributed by atoms with Crippen LogP contribution in [0.2, 0.25) is 0 Å². The summed E-state index contributed by atoms with van der Waals surface area (Å²) in [4.78, 5) is 15.6. The smallest absolute Gasteiger partial charge is 0.172 e. The Morgan fingerprint density at radius 2 is 2.18 bits per heavy atom. The second-order valence-corrected chi connectivity index (χ2v) is 3.86. The minimum absolute atomic E-state index is 0. The van der Waals surface area contributed by atoms with Crippen LogP contribution >= 0.6 is 44.2 Å². The van der Waals surface area contributed by atoms with Gasteiger partial charge in [0.2, 0.25) is 0 Å². The quantitative estimate of drug-likeness (QED) is 0.746. The monoisotopic (exact) mass is 299 g/mol. The lowest BCUT2D eigenvalue weighted by molar-refractivity contribution is 0.102. The van der Waals surface area contributed by atoms with Crippen LogP contribution < -0.4 is 0 Å². The predicted molar refractivity (Wildman–Crippen MR) is 54.9 cm³/mol. The first-order valence-corrected chi connectivity index (χ1v) is 4.36. The van der Waals surface area contributed by atoms with Gasteiger partial charge in [-0.15, -0.1) is 28.3 Å². The van der Waals surface area contributed by atoms with E-state index in [0.29, 0.717) is 9.48 Å². The Kier molecular flexibility index (Phi) is 4.43. The first-order chi connectivity index (χ1) is 4.61. The number of ketones is 1. The maximum absolute atomic E-state index is 10.8. The number of carbonyl (C=O) groups is 1. The molecule has 0 aromatic carbocycles. The molecule has 1 aromatic heterocycles. The Bertz CT molecular complexity index is 272. The van der Waals surface area contributed by atoms with Crippen molar-refractivity contribution in [3.8, 4) is 0 Å². The molecular weight excluding hydrogens is 294 g/mol. The van der Waals surface area contributed by atoms with E-state index >= 15 is 0 Å². The van der Waals surface area contributed by atoms with Gasteiger partial charge in [-0.3, -0.25) is 4.79 Å². The molecule has 0 saturated carbocycles. The van der Waals surface area contributed by atoms with E-state index in [-0.39, 0.29) is 22.8 Å². The largest absolute Gasteiger partial charge is 0.293 e. The summed E-state index contributed by atoms with van der Waals surface area (Å²) in [5.74, 6) is 0.0671. The van der Waals surface area contributed by atoms with Crippen LogP contribution in [0, 0.1) is 6.92 Å². The van der Waals surface area contributed by atoms with Crippen LogP contribution in [0.4, 0.5) is 0 Å². The van der Waals surface area contributed by atoms with Crippen molar-refractivity contribution >= 4 is 50.0 Å². The maximum atomic E-state index is 10.8. The average Bonchev–Trinajstić information content (AvgIpc) is 2.10. The molecule has 0 amide bonds. The van der Waals surface area contributed by atoms with E-state index in [2.05, 4.69) is 20.9 Å². The van der Waals surface area contributed by atoms with Gasteiger partial charge >= 0.3 is 0 Å². The molecule has 5 heteroatoms. The molecule has 1 aromatic rings. The lowest BCUT2D eigenvalue weighted by Gasteiger charge is -1.83. The van der Waals surface area contributed by atoms with E-state index in [1.165, 1.54) is 18.3 Å². The minimum atomic E-state index is 0. The van der Waals surface area contributed by atoms with Crippen LogP contribution in [-0.4, -0.2) is 10.8 Å². The molecule has 0 unspecified atom stereocenters. The molecule has 1 rings (SSSR count). The highest BCUT2D eigenvalue weighted by molar-refractivity contribution is 9.10. The predicted octanol–water partition coefficient (Wildman–Crippen LogP) is 2.99. The zero-order valence-corrected chi connectivity index (χ0v) is 10.2. The van der Waals surface area contributed by atoms with Crippen LogP contribution in [-0.2, 0) is 0 Å². The van der Waals surface area contributed by atoms with Gasteiger partial charge in [0.15, 0.2) is 5.78 Å². The summed E-state index contributed by atoms with van der Waals surface area (Å²) in [5.41, 5.74) is 0. The molecule has 1 heterocycles. The molecule has 11 heavy (non-hydrogen) atoms. The number of Topliss-reactive ketones (excluding diaryl/α,β-unsaturated/α-hetero) is 1. The number of carbonyl (C=O) groups excluding carboxylic acids is 1. The summed E-state index contributed by atoms with van der Waals surface area (Å²) in [6, 6.07) is 0. The molecule has 0 spiro atoms. The van der Waals surface area contributed by atoms with Gasteiger partial charge in [0, 0.05) is 6.92 Å². The van der Waals surface area contributed by atoms with Crippen LogP contribution in [0.3, 0.4) is 0 Å². The normalized spacial score (nSPS) is 9.00. The average molecular weight is 301 g/mol. The first kappa shape index (κ1) is 11.3. The van der Waals surface area contributed by atoms with E-state index < -0.39 is 0 Å². The molecule has 0 N–H and O–H groups in total. The summed E-state index contributed by atoms with van der Waals surface area (Å²) in [6.45, 7) is 3.42.